The molecular weight excluding hydrogens is 254 g/mol. The molecule has 0 aromatic carbocycles. The highest BCUT2D eigenvalue weighted by molar-refractivity contribution is 6.06. The second-order valence-electron chi connectivity index (χ2n) is 4.90. The first-order valence-electron chi connectivity index (χ1n) is 6.66. The molecule has 0 radical (unpaired) electrons. The number of nitrogens with one attached hydrogen (secondary N) is 1. The highest BCUT2D eigenvalue weighted by Gasteiger charge is 2.34. The minimum Gasteiger partial charge on any atom is -0.334 e. The van der Waals surface area contributed by atoms with Crippen molar-refractivity contribution in [2.45, 2.75) is 12.8 Å². The summed E-state index contributed by atoms with van der Waals surface area (Å²) in [6, 6.07) is 0. The fourth-order valence-corrected chi connectivity index (χ4v) is 2.53. The molecule has 0 bridgehead atoms. The Morgan fingerprint density at radius 2 is 2.00 bits per heavy atom. The molecule has 0 fully saturated rings. The van der Waals surface area contributed by atoms with E-state index in [2.05, 4.69) is 28.6 Å². The summed E-state index contributed by atoms with van der Waals surface area (Å²) in [5.41, 5.74) is 4.94. The van der Waals surface area contributed by atoms with Crippen molar-refractivity contribution in [3.63, 3.8) is 0 Å². The Hall–Kier alpha value is -2.37. The molecule has 104 valence electrons. The van der Waals surface area contributed by atoms with Crippen LogP contribution in [0.25, 0.3) is 0 Å². The molecule has 0 aromatic heterocycles. The molecule has 6 nitrogen and oxygen atoms in total. The van der Waals surface area contributed by atoms with Gasteiger partial charge < -0.3 is 4.90 Å². The number of ketones is 1. The summed E-state index contributed by atoms with van der Waals surface area (Å²) >= 11 is 0. The third kappa shape index (κ3) is 2.03. The standard InChI is InChI=1S/C14H17N5O/c1-3-7-18(8-4-2)14-16-13-15-12-10(5-6-11(12)20)9-19(13)17-14/h3-4H,1-2,5-9H2,(H,15,16,17). The SMILES string of the molecule is C=CCN(CC=C)C1=NC2=NC3=C(CCC3=O)CN2N1. The third-order valence-electron chi connectivity index (χ3n) is 3.49. The maximum absolute atomic E-state index is 11.7. The van der Waals surface area contributed by atoms with Gasteiger partial charge in [-0.15, -0.1) is 13.2 Å². The summed E-state index contributed by atoms with van der Waals surface area (Å²) in [7, 11) is 0. The Kier molecular flexibility index (Phi) is 3.14. The molecule has 1 N–H and O–H groups in total. The smallest absolute Gasteiger partial charge is 0.248 e. The summed E-state index contributed by atoms with van der Waals surface area (Å²) in [4.78, 5) is 22.6. The van der Waals surface area contributed by atoms with Crippen molar-refractivity contribution in [2.75, 3.05) is 19.6 Å². The van der Waals surface area contributed by atoms with Gasteiger partial charge in [-0.3, -0.25) is 10.2 Å². The Morgan fingerprint density at radius 1 is 1.25 bits per heavy atom. The highest BCUT2D eigenvalue weighted by Crippen LogP contribution is 2.29. The molecule has 0 atom stereocenters. The number of Topliss-reactive ketones (excluding diaryl/α,β-unsaturated/α-hetero) is 1. The minimum atomic E-state index is 0.129. The van der Waals surface area contributed by atoms with Crippen LogP contribution in [0.2, 0.25) is 0 Å². The predicted octanol–water partition coefficient (Wildman–Crippen LogP) is 0.823. The number of fused-ring (bicyclic) bond motifs is 1. The van der Waals surface area contributed by atoms with Gasteiger partial charge in [0, 0.05) is 19.5 Å². The van der Waals surface area contributed by atoms with Crippen LogP contribution >= 0.6 is 0 Å². The van der Waals surface area contributed by atoms with Gasteiger partial charge in [0.15, 0.2) is 5.78 Å². The lowest BCUT2D eigenvalue weighted by Gasteiger charge is -2.25. The van der Waals surface area contributed by atoms with Crippen LogP contribution in [0.5, 0.6) is 0 Å². The zero-order valence-corrected chi connectivity index (χ0v) is 11.3. The normalized spacial score (nSPS) is 20.0. The van der Waals surface area contributed by atoms with Crippen LogP contribution in [0, 0.1) is 0 Å². The van der Waals surface area contributed by atoms with E-state index in [-0.39, 0.29) is 5.78 Å². The number of guanidine groups is 2. The topological polar surface area (TPSA) is 60.3 Å². The minimum absolute atomic E-state index is 0.129. The summed E-state index contributed by atoms with van der Waals surface area (Å²) in [6.45, 7) is 9.50. The predicted molar refractivity (Wildman–Crippen MR) is 77.9 cm³/mol. The van der Waals surface area contributed by atoms with E-state index in [1.165, 1.54) is 0 Å². The number of allylic oxidation sites excluding steroid dienone is 1. The van der Waals surface area contributed by atoms with E-state index in [1.54, 1.807) is 0 Å². The molecule has 0 saturated heterocycles. The summed E-state index contributed by atoms with van der Waals surface area (Å²) in [5, 5.41) is 1.88. The van der Waals surface area contributed by atoms with Crippen molar-refractivity contribution in [1.29, 1.82) is 0 Å². The van der Waals surface area contributed by atoms with Crippen molar-refractivity contribution in [1.82, 2.24) is 15.3 Å². The molecule has 3 aliphatic rings. The molecule has 0 unspecified atom stereocenters. The Labute approximate surface area is 117 Å². The number of nitrogens with zero attached hydrogens (tertiary/aromatic N) is 4. The van der Waals surface area contributed by atoms with Crippen LogP contribution in [0.1, 0.15) is 12.8 Å². The fraction of sp³-hybridized carbons (Fsp3) is 0.357. The second kappa shape index (κ2) is 4.96. The molecule has 1 aliphatic carbocycles. The van der Waals surface area contributed by atoms with Crippen molar-refractivity contribution in [3.05, 3.63) is 36.6 Å². The Balaban J connectivity index is 1.84. The van der Waals surface area contributed by atoms with E-state index < -0.39 is 0 Å². The number of hydrogen-bond donors (Lipinski definition) is 1. The number of carbonyl (C=O) groups is 1. The van der Waals surface area contributed by atoms with Gasteiger partial charge >= 0.3 is 0 Å². The van der Waals surface area contributed by atoms with Gasteiger partial charge in [-0.05, 0) is 12.0 Å². The molecule has 0 aromatic rings. The van der Waals surface area contributed by atoms with Gasteiger partial charge in [-0.1, -0.05) is 12.2 Å². The molecule has 2 aliphatic heterocycles. The van der Waals surface area contributed by atoms with Crippen LogP contribution < -0.4 is 5.43 Å². The number of aliphatic imine (C=N–C) groups is 2. The van der Waals surface area contributed by atoms with Gasteiger partial charge in [0.25, 0.3) is 0 Å². The Morgan fingerprint density at radius 3 is 2.70 bits per heavy atom. The zero-order chi connectivity index (χ0) is 14.1. The fourth-order valence-electron chi connectivity index (χ4n) is 2.53. The third-order valence-corrected chi connectivity index (χ3v) is 3.49. The summed E-state index contributed by atoms with van der Waals surface area (Å²) < 4.78 is 0. The largest absolute Gasteiger partial charge is 0.334 e. The molecule has 20 heavy (non-hydrogen) atoms. The van der Waals surface area contributed by atoms with Crippen molar-refractivity contribution in [2.24, 2.45) is 9.98 Å². The summed E-state index contributed by atoms with van der Waals surface area (Å²) in [5.74, 6) is 1.41. The van der Waals surface area contributed by atoms with Crippen LogP contribution in [0.15, 0.2) is 46.6 Å². The lowest BCUT2D eigenvalue weighted by molar-refractivity contribution is -0.114. The van der Waals surface area contributed by atoms with E-state index in [9.17, 15) is 4.79 Å². The van der Waals surface area contributed by atoms with Gasteiger partial charge in [0.05, 0.1) is 6.54 Å². The molecule has 0 spiro atoms. The number of rotatable bonds is 4. The van der Waals surface area contributed by atoms with Crippen LogP contribution in [-0.4, -0.2) is 47.2 Å². The molecular formula is C14H17N5O. The van der Waals surface area contributed by atoms with E-state index in [0.717, 1.165) is 18.0 Å². The maximum Gasteiger partial charge on any atom is 0.248 e. The van der Waals surface area contributed by atoms with Crippen molar-refractivity contribution < 1.29 is 4.79 Å². The van der Waals surface area contributed by atoms with Crippen molar-refractivity contribution in [3.8, 4) is 0 Å². The van der Waals surface area contributed by atoms with Gasteiger partial charge in [0.1, 0.15) is 5.70 Å². The van der Waals surface area contributed by atoms with Gasteiger partial charge in [-0.25, -0.2) is 10.0 Å². The first-order valence-corrected chi connectivity index (χ1v) is 6.66. The quantitative estimate of drug-likeness (QED) is 0.769. The maximum atomic E-state index is 11.7. The van der Waals surface area contributed by atoms with Gasteiger partial charge in [0.2, 0.25) is 11.9 Å². The molecule has 0 amide bonds. The average Bonchev–Trinajstić information content (AvgIpc) is 3.00. The zero-order valence-electron chi connectivity index (χ0n) is 11.3. The number of hydrogen-bond acceptors (Lipinski definition) is 6. The molecule has 3 rings (SSSR count). The van der Waals surface area contributed by atoms with Crippen LogP contribution in [-0.2, 0) is 4.79 Å². The average molecular weight is 271 g/mol. The van der Waals surface area contributed by atoms with E-state index in [1.807, 2.05) is 22.1 Å². The lowest BCUT2D eigenvalue weighted by atomic mass is 10.2. The highest BCUT2D eigenvalue weighted by atomic mass is 16.1. The van der Waals surface area contributed by atoms with E-state index in [0.29, 0.717) is 37.7 Å². The number of carbonyl (C=O) groups excluding carboxylic acids is 1. The first kappa shape index (κ1) is 12.7. The van der Waals surface area contributed by atoms with Gasteiger partial charge in [-0.2, -0.15) is 4.99 Å². The van der Waals surface area contributed by atoms with Crippen LogP contribution in [0.4, 0.5) is 0 Å². The number of hydrazine groups is 1. The van der Waals surface area contributed by atoms with Crippen molar-refractivity contribution >= 4 is 17.7 Å². The first-order chi connectivity index (χ1) is 9.72. The molecule has 6 heteroatoms. The summed E-state index contributed by atoms with van der Waals surface area (Å²) in [6.07, 6.45) is 5.01. The lowest BCUT2D eigenvalue weighted by Crippen LogP contribution is -2.47. The van der Waals surface area contributed by atoms with E-state index >= 15 is 0 Å². The Bertz CT molecular complexity index is 562. The van der Waals surface area contributed by atoms with Crippen LogP contribution in [0.3, 0.4) is 0 Å². The molecule has 2 heterocycles. The molecule has 0 saturated carbocycles. The second-order valence-corrected chi connectivity index (χ2v) is 4.90. The monoisotopic (exact) mass is 271 g/mol. The van der Waals surface area contributed by atoms with E-state index in [4.69, 9.17) is 0 Å².